The first-order valence-electron chi connectivity index (χ1n) is 9.78. The summed E-state index contributed by atoms with van der Waals surface area (Å²) in [5.41, 5.74) is 3.25. The summed E-state index contributed by atoms with van der Waals surface area (Å²) in [6, 6.07) is 12.4. The van der Waals surface area contributed by atoms with Crippen LogP contribution in [0.3, 0.4) is 0 Å². The van der Waals surface area contributed by atoms with Crippen LogP contribution in [0.15, 0.2) is 42.5 Å². The SMILES string of the molecule is CCOCCOC(=O)c1cccc(NC(=O)COc2ccc(C(C)C)c(C)c2)c1. The first-order valence-corrected chi connectivity index (χ1v) is 9.78. The summed E-state index contributed by atoms with van der Waals surface area (Å²) in [6.07, 6.45) is 0. The van der Waals surface area contributed by atoms with E-state index in [1.807, 2.05) is 32.0 Å². The minimum atomic E-state index is -0.460. The van der Waals surface area contributed by atoms with Crippen molar-refractivity contribution in [3.63, 3.8) is 0 Å². The van der Waals surface area contributed by atoms with Crippen molar-refractivity contribution in [3.05, 3.63) is 59.2 Å². The Kier molecular flexibility index (Phi) is 8.68. The van der Waals surface area contributed by atoms with Gasteiger partial charge in [0.25, 0.3) is 5.91 Å². The zero-order valence-electron chi connectivity index (χ0n) is 17.5. The third kappa shape index (κ3) is 7.23. The number of benzene rings is 2. The summed E-state index contributed by atoms with van der Waals surface area (Å²) >= 11 is 0. The van der Waals surface area contributed by atoms with E-state index in [-0.39, 0.29) is 19.1 Å². The van der Waals surface area contributed by atoms with Gasteiger partial charge in [-0.2, -0.15) is 0 Å². The van der Waals surface area contributed by atoms with E-state index in [0.29, 0.717) is 36.1 Å². The molecule has 156 valence electrons. The highest BCUT2D eigenvalue weighted by atomic mass is 16.6. The van der Waals surface area contributed by atoms with Gasteiger partial charge in [0.2, 0.25) is 0 Å². The van der Waals surface area contributed by atoms with Crippen LogP contribution >= 0.6 is 0 Å². The van der Waals surface area contributed by atoms with E-state index >= 15 is 0 Å². The molecule has 2 aromatic rings. The average Bonchev–Trinajstić information content (AvgIpc) is 2.69. The molecule has 0 heterocycles. The molecule has 29 heavy (non-hydrogen) atoms. The summed E-state index contributed by atoms with van der Waals surface area (Å²) in [4.78, 5) is 24.3. The van der Waals surface area contributed by atoms with Gasteiger partial charge in [-0.15, -0.1) is 0 Å². The van der Waals surface area contributed by atoms with E-state index in [2.05, 4.69) is 19.2 Å². The summed E-state index contributed by atoms with van der Waals surface area (Å²) in [5.74, 6) is 0.314. The number of ether oxygens (including phenoxy) is 3. The average molecular weight is 399 g/mol. The molecule has 0 aliphatic rings. The van der Waals surface area contributed by atoms with Crippen molar-refractivity contribution in [1.29, 1.82) is 0 Å². The van der Waals surface area contributed by atoms with Gasteiger partial charge in [-0.3, -0.25) is 4.79 Å². The molecule has 0 aromatic heterocycles. The highest BCUT2D eigenvalue weighted by Crippen LogP contribution is 2.23. The minimum Gasteiger partial charge on any atom is -0.484 e. The fraction of sp³-hybridized carbons (Fsp3) is 0.391. The molecule has 2 aromatic carbocycles. The van der Waals surface area contributed by atoms with Gasteiger partial charge in [0.1, 0.15) is 12.4 Å². The molecule has 6 heteroatoms. The number of amides is 1. The molecule has 1 N–H and O–H groups in total. The maximum atomic E-state index is 12.2. The highest BCUT2D eigenvalue weighted by Gasteiger charge is 2.10. The third-order valence-electron chi connectivity index (χ3n) is 4.28. The van der Waals surface area contributed by atoms with Gasteiger partial charge in [-0.05, 0) is 61.2 Å². The molecule has 0 atom stereocenters. The Morgan fingerprint density at radius 3 is 2.55 bits per heavy atom. The molecule has 0 saturated heterocycles. The second kappa shape index (κ2) is 11.2. The molecule has 1 amide bonds. The molecule has 2 rings (SSSR count). The van der Waals surface area contributed by atoms with E-state index in [4.69, 9.17) is 14.2 Å². The standard InChI is InChI=1S/C23H29NO5/c1-5-27-11-12-28-23(26)18-7-6-8-19(14-18)24-22(25)15-29-20-9-10-21(16(2)3)17(4)13-20/h6-10,13-14,16H,5,11-12,15H2,1-4H3,(H,24,25). The van der Waals surface area contributed by atoms with Crippen LogP contribution in [-0.4, -0.2) is 38.3 Å². The number of hydrogen-bond acceptors (Lipinski definition) is 5. The normalized spacial score (nSPS) is 10.7. The quantitative estimate of drug-likeness (QED) is 0.475. The lowest BCUT2D eigenvalue weighted by Crippen LogP contribution is -2.20. The predicted molar refractivity (Wildman–Crippen MR) is 113 cm³/mol. The number of esters is 1. The van der Waals surface area contributed by atoms with Crippen LogP contribution in [-0.2, 0) is 14.3 Å². The van der Waals surface area contributed by atoms with Crippen molar-refractivity contribution in [2.24, 2.45) is 0 Å². The Labute approximate surface area is 172 Å². The number of aryl methyl sites for hydroxylation is 1. The van der Waals surface area contributed by atoms with Gasteiger partial charge in [0.05, 0.1) is 12.2 Å². The molecular weight excluding hydrogens is 370 g/mol. The van der Waals surface area contributed by atoms with E-state index < -0.39 is 5.97 Å². The van der Waals surface area contributed by atoms with E-state index in [0.717, 1.165) is 5.56 Å². The van der Waals surface area contributed by atoms with Gasteiger partial charge in [0, 0.05) is 12.3 Å². The van der Waals surface area contributed by atoms with Gasteiger partial charge in [-0.1, -0.05) is 26.0 Å². The van der Waals surface area contributed by atoms with E-state index in [1.54, 1.807) is 24.3 Å². The Hall–Kier alpha value is -2.86. The van der Waals surface area contributed by atoms with Crippen molar-refractivity contribution < 1.29 is 23.8 Å². The monoisotopic (exact) mass is 399 g/mol. The Balaban J connectivity index is 1.87. The van der Waals surface area contributed by atoms with Gasteiger partial charge < -0.3 is 19.5 Å². The lowest BCUT2D eigenvalue weighted by Gasteiger charge is -2.12. The molecule has 0 aliphatic heterocycles. The van der Waals surface area contributed by atoms with Crippen LogP contribution in [0.25, 0.3) is 0 Å². The lowest BCUT2D eigenvalue weighted by molar-refractivity contribution is -0.118. The zero-order valence-corrected chi connectivity index (χ0v) is 17.5. The Bertz CT molecular complexity index is 832. The summed E-state index contributed by atoms with van der Waals surface area (Å²) in [7, 11) is 0. The largest absolute Gasteiger partial charge is 0.484 e. The van der Waals surface area contributed by atoms with Crippen LogP contribution in [0.4, 0.5) is 5.69 Å². The van der Waals surface area contributed by atoms with Crippen molar-refractivity contribution >= 4 is 17.6 Å². The maximum absolute atomic E-state index is 12.2. The van der Waals surface area contributed by atoms with Crippen LogP contribution in [0, 0.1) is 6.92 Å². The van der Waals surface area contributed by atoms with Crippen LogP contribution in [0.5, 0.6) is 5.75 Å². The van der Waals surface area contributed by atoms with Gasteiger partial charge in [0.15, 0.2) is 6.61 Å². The molecule has 0 saturated carbocycles. The Morgan fingerprint density at radius 1 is 1.07 bits per heavy atom. The smallest absolute Gasteiger partial charge is 0.338 e. The van der Waals surface area contributed by atoms with Crippen LogP contribution in [0.1, 0.15) is 48.2 Å². The number of nitrogens with one attached hydrogen (secondary N) is 1. The minimum absolute atomic E-state index is 0.122. The fourth-order valence-corrected chi connectivity index (χ4v) is 2.88. The summed E-state index contributed by atoms with van der Waals surface area (Å²) in [6.45, 7) is 9.17. The molecule has 6 nitrogen and oxygen atoms in total. The molecule has 0 unspecified atom stereocenters. The molecular formula is C23H29NO5. The topological polar surface area (TPSA) is 73.9 Å². The molecule has 0 aliphatic carbocycles. The second-order valence-electron chi connectivity index (χ2n) is 6.92. The van der Waals surface area contributed by atoms with Gasteiger partial charge >= 0.3 is 5.97 Å². The number of rotatable bonds is 10. The first-order chi connectivity index (χ1) is 13.9. The molecule has 0 bridgehead atoms. The highest BCUT2D eigenvalue weighted by molar-refractivity contribution is 5.95. The van der Waals surface area contributed by atoms with Crippen LogP contribution < -0.4 is 10.1 Å². The third-order valence-corrected chi connectivity index (χ3v) is 4.28. The number of hydrogen-bond donors (Lipinski definition) is 1. The van der Waals surface area contributed by atoms with Crippen molar-refractivity contribution in [2.75, 3.05) is 31.7 Å². The first kappa shape index (κ1) is 22.4. The number of carbonyl (C=O) groups excluding carboxylic acids is 2. The fourth-order valence-electron chi connectivity index (χ4n) is 2.88. The Morgan fingerprint density at radius 2 is 1.86 bits per heavy atom. The van der Waals surface area contributed by atoms with E-state index in [1.165, 1.54) is 5.56 Å². The van der Waals surface area contributed by atoms with Gasteiger partial charge in [-0.25, -0.2) is 4.79 Å². The molecule has 0 radical (unpaired) electrons. The summed E-state index contributed by atoms with van der Waals surface area (Å²) in [5, 5.41) is 2.73. The van der Waals surface area contributed by atoms with Crippen LogP contribution in [0.2, 0.25) is 0 Å². The number of anilines is 1. The molecule has 0 fully saturated rings. The number of carbonyl (C=O) groups is 2. The maximum Gasteiger partial charge on any atom is 0.338 e. The van der Waals surface area contributed by atoms with Crippen molar-refractivity contribution in [1.82, 2.24) is 0 Å². The summed E-state index contributed by atoms with van der Waals surface area (Å²) < 4.78 is 15.9. The molecule has 0 spiro atoms. The van der Waals surface area contributed by atoms with Crippen molar-refractivity contribution in [3.8, 4) is 5.75 Å². The lowest BCUT2D eigenvalue weighted by atomic mass is 9.98. The predicted octanol–water partition coefficient (Wildman–Crippen LogP) is 4.33. The second-order valence-corrected chi connectivity index (χ2v) is 6.92. The van der Waals surface area contributed by atoms with Crippen molar-refractivity contribution in [2.45, 2.75) is 33.6 Å². The zero-order chi connectivity index (χ0) is 21.2. The van der Waals surface area contributed by atoms with E-state index in [9.17, 15) is 9.59 Å².